The third-order valence-electron chi connectivity index (χ3n) is 2.30. The third-order valence-corrected chi connectivity index (χ3v) is 2.30. The zero-order chi connectivity index (χ0) is 12.8. The van der Waals surface area contributed by atoms with E-state index < -0.39 is 0 Å². The highest BCUT2D eigenvalue weighted by Gasteiger charge is 2.07. The SMILES string of the molecule is COc1n[nH]c(NC(=O)CCc2ccncc2)n1. The Bertz CT molecular complexity index is 511. The maximum atomic E-state index is 11.6. The first kappa shape index (κ1) is 12.0. The van der Waals surface area contributed by atoms with Crippen molar-refractivity contribution in [1.29, 1.82) is 0 Å². The van der Waals surface area contributed by atoms with E-state index in [1.165, 1.54) is 7.11 Å². The minimum Gasteiger partial charge on any atom is -0.466 e. The minimum atomic E-state index is -0.134. The number of carbonyl (C=O) groups is 1. The molecule has 0 spiro atoms. The molecule has 2 heterocycles. The first-order valence-electron chi connectivity index (χ1n) is 5.43. The van der Waals surface area contributed by atoms with E-state index in [-0.39, 0.29) is 17.9 Å². The summed E-state index contributed by atoms with van der Waals surface area (Å²) in [6.45, 7) is 0. The van der Waals surface area contributed by atoms with E-state index in [4.69, 9.17) is 4.74 Å². The van der Waals surface area contributed by atoms with Crippen molar-refractivity contribution in [2.75, 3.05) is 12.4 Å². The lowest BCUT2D eigenvalue weighted by Crippen LogP contribution is -2.13. The van der Waals surface area contributed by atoms with Gasteiger partial charge in [-0.1, -0.05) is 0 Å². The van der Waals surface area contributed by atoms with Crippen LogP contribution in [0.1, 0.15) is 12.0 Å². The Balaban J connectivity index is 1.82. The van der Waals surface area contributed by atoms with Crippen molar-refractivity contribution >= 4 is 11.9 Å². The molecule has 1 amide bonds. The summed E-state index contributed by atoms with van der Waals surface area (Å²) in [7, 11) is 1.46. The summed E-state index contributed by atoms with van der Waals surface area (Å²) in [5.74, 6) is 0.150. The summed E-state index contributed by atoms with van der Waals surface area (Å²) in [5, 5.41) is 8.89. The monoisotopic (exact) mass is 247 g/mol. The highest BCUT2D eigenvalue weighted by atomic mass is 16.5. The van der Waals surface area contributed by atoms with Gasteiger partial charge in [0.25, 0.3) is 0 Å². The van der Waals surface area contributed by atoms with Crippen LogP contribution in [0, 0.1) is 0 Å². The molecule has 0 saturated carbocycles. The maximum Gasteiger partial charge on any atom is 0.336 e. The number of pyridine rings is 1. The predicted octanol–water partition coefficient (Wildman–Crippen LogP) is 0.780. The Morgan fingerprint density at radius 1 is 1.44 bits per heavy atom. The molecule has 0 aliphatic rings. The molecule has 0 unspecified atom stereocenters. The van der Waals surface area contributed by atoms with Crippen molar-refractivity contribution in [3.63, 3.8) is 0 Å². The average Bonchev–Trinajstić information content (AvgIpc) is 2.85. The van der Waals surface area contributed by atoms with E-state index in [1.807, 2.05) is 12.1 Å². The van der Waals surface area contributed by atoms with Crippen LogP contribution in [-0.2, 0) is 11.2 Å². The quantitative estimate of drug-likeness (QED) is 0.814. The lowest BCUT2D eigenvalue weighted by Gasteiger charge is -2.01. The second-order valence-electron chi connectivity index (χ2n) is 3.57. The fraction of sp³-hybridized carbons (Fsp3) is 0.273. The van der Waals surface area contributed by atoms with Gasteiger partial charge >= 0.3 is 6.01 Å². The van der Waals surface area contributed by atoms with Crippen LogP contribution in [0.2, 0.25) is 0 Å². The number of aromatic nitrogens is 4. The highest BCUT2D eigenvalue weighted by molar-refractivity contribution is 5.89. The molecule has 7 heteroatoms. The van der Waals surface area contributed by atoms with Crippen molar-refractivity contribution < 1.29 is 9.53 Å². The number of aromatic amines is 1. The molecular weight excluding hydrogens is 234 g/mol. The van der Waals surface area contributed by atoms with Gasteiger partial charge in [0, 0.05) is 18.8 Å². The van der Waals surface area contributed by atoms with Gasteiger partial charge in [-0.15, -0.1) is 5.10 Å². The minimum absolute atomic E-state index is 0.134. The first-order valence-corrected chi connectivity index (χ1v) is 5.43. The number of nitrogens with zero attached hydrogens (tertiary/aromatic N) is 3. The number of nitrogens with one attached hydrogen (secondary N) is 2. The standard InChI is InChI=1S/C11H13N5O2/c1-18-11-14-10(15-16-11)13-9(17)3-2-8-4-6-12-7-5-8/h4-7H,2-3H2,1H3,(H2,13,14,15,16,17). The number of amides is 1. The molecule has 0 atom stereocenters. The molecule has 94 valence electrons. The van der Waals surface area contributed by atoms with Crippen LogP contribution in [0.15, 0.2) is 24.5 Å². The fourth-order valence-electron chi connectivity index (χ4n) is 1.40. The second kappa shape index (κ2) is 5.76. The van der Waals surface area contributed by atoms with Gasteiger partial charge in [0.15, 0.2) is 0 Å². The molecule has 2 N–H and O–H groups in total. The van der Waals surface area contributed by atoms with E-state index in [1.54, 1.807) is 12.4 Å². The van der Waals surface area contributed by atoms with Gasteiger partial charge in [-0.2, -0.15) is 4.98 Å². The number of H-pyrrole nitrogens is 1. The zero-order valence-electron chi connectivity index (χ0n) is 9.88. The van der Waals surface area contributed by atoms with Gasteiger partial charge < -0.3 is 4.74 Å². The van der Waals surface area contributed by atoms with E-state index in [9.17, 15) is 4.79 Å². The van der Waals surface area contributed by atoms with Crippen LogP contribution in [-0.4, -0.2) is 33.2 Å². The number of methoxy groups -OCH3 is 1. The molecule has 0 radical (unpaired) electrons. The van der Waals surface area contributed by atoms with Gasteiger partial charge in [0.05, 0.1) is 7.11 Å². The summed E-state index contributed by atoms with van der Waals surface area (Å²) in [5.41, 5.74) is 1.07. The Hall–Kier alpha value is -2.44. The molecule has 0 aromatic carbocycles. The van der Waals surface area contributed by atoms with Crippen molar-refractivity contribution in [3.05, 3.63) is 30.1 Å². The summed E-state index contributed by atoms with van der Waals surface area (Å²) in [6.07, 6.45) is 4.43. The van der Waals surface area contributed by atoms with Gasteiger partial charge in [0.1, 0.15) is 0 Å². The van der Waals surface area contributed by atoms with E-state index in [0.717, 1.165) is 5.56 Å². The molecule has 0 fully saturated rings. The Morgan fingerprint density at radius 3 is 2.89 bits per heavy atom. The smallest absolute Gasteiger partial charge is 0.336 e. The van der Waals surface area contributed by atoms with Crippen LogP contribution in [0.4, 0.5) is 5.95 Å². The van der Waals surface area contributed by atoms with Gasteiger partial charge in [0.2, 0.25) is 11.9 Å². The van der Waals surface area contributed by atoms with Crippen LogP contribution < -0.4 is 10.1 Å². The second-order valence-corrected chi connectivity index (χ2v) is 3.57. The van der Waals surface area contributed by atoms with Crippen molar-refractivity contribution in [2.45, 2.75) is 12.8 Å². The molecule has 0 bridgehead atoms. The summed E-state index contributed by atoms with van der Waals surface area (Å²) in [4.78, 5) is 19.4. The lowest BCUT2D eigenvalue weighted by atomic mass is 10.1. The number of ether oxygens (including phenoxy) is 1. The third kappa shape index (κ3) is 3.27. The number of aryl methyl sites for hydroxylation is 1. The van der Waals surface area contributed by atoms with Gasteiger partial charge in [-0.25, -0.2) is 5.10 Å². The summed E-state index contributed by atoms with van der Waals surface area (Å²) >= 11 is 0. The molecule has 2 rings (SSSR count). The lowest BCUT2D eigenvalue weighted by molar-refractivity contribution is -0.116. The van der Waals surface area contributed by atoms with Gasteiger partial charge in [-0.3, -0.25) is 15.1 Å². The van der Waals surface area contributed by atoms with Crippen molar-refractivity contribution in [1.82, 2.24) is 20.2 Å². The average molecular weight is 247 g/mol. The Kier molecular flexibility index (Phi) is 3.85. The van der Waals surface area contributed by atoms with Crippen LogP contribution in [0.25, 0.3) is 0 Å². The molecular formula is C11H13N5O2. The van der Waals surface area contributed by atoms with Gasteiger partial charge in [-0.05, 0) is 24.1 Å². The molecule has 0 aliphatic carbocycles. The number of rotatable bonds is 5. The van der Waals surface area contributed by atoms with Crippen LogP contribution in [0.5, 0.6) is 6.01 Å². The van der Waals surface area contributed by atoms with Crippen molar-refractivity contribution in [3.8, 4) is 6.01 Å². The Labute approximate surface area is 104 Å². The molecule has 2 aromatic heterocycles. The highest BCUT2D eigenvalue weighted by Crippen LogP contribution is 2.06. The van der Waals surface area contributed by atoms with Crippen LogP contribution >= 0.6 is 0 Å². The molecule has 7 nitrogen and oxygen atoms in total. The first-order chi connectivity index (χ1) is 8.78. The number of hydrogen-bond acceptors (Lipinski definition) is 5. The Morgan fingerprint density at radius 2 is 2.22 bits per heavy atom. The molecule has 0 aliphatic heterocycles. The predicted molar refractivity (Wildman–Crippen MR) is 64.1 cm³/mol. The van der Waals surface area contributed by atoms with E-state index in [0.29, 0.717) is 12.8 Å². The zero-order valence-corrected chi connectivity index (χ0v) is 9.88. The fourth-order valence-corrected chi connectivity index (χ4v) is 1.40. The number of hydrogen-bond donors (Lipinski definition) is 2. The van der Waals surface area contributed by atoms with E-state index in [2.05, 4.69) is 25.5 Å². The number of carbonyl (C=O) groups excluding carboxylic acids is 1. The normalized spacial score (nSPS) is 10.1. The topological polar surface area (TPSA) is 92.8 Å². The molecule has 18 heavy (non-hydrogen) atoms. The summed E-state index contributed by atoms with van der Waals surface area (Å²) in [6, 6.07) is 3.95. The van der Waals surface area contributed by atoms with E-state index >= 15 is 0 Å². The molecule has 2 aromatic rings. The maximum absolute atomic E-state index is 11.6. The molecule has 0 saturated heterocycles. The summed E-state index contributed by atoms with van der Waals surface area (Å²) < 4.78 is 4.79. The number of anilines is 1. The largest absolute Gasteiger partial charge is 0.466 e. The van der Waals surface area contributed by atoms with Crippen molar-refractivity contribution in [2.24, 2.45) is 0 Å². The van der Waals surface area contributed by atoms with Crippen LogP contribution in [0.3, 0.4) is 0 Å².